The molecule has 34 heavy (non-hydrogen) atoms. The average molecular weight is 466 g/mol. The Labute approximate surface area is 205 Å². The molecule has 7 nitrogen and oxygen atoms in total. The van der Waals surface area contributed by atoms with E-state index in [2.05, 4.69) is 83.5 Å². The lowest BCUT2D eigenvalue weighted by Gasteiger charge is -2.22. The number of hydrogen-bond donors (Lipinski definition) is 2. The molecular formula is C27H43N7. The monoisotopic (exact) mass is 465 g/mol. The van der Waals surface area contributed by atoms with E-state index in [-0.39, 0.29) is 5.41 Å². The highest BCUT2D eigenvalue weighted by Gasteiger charge is 2.20. The Bertz CT molecular complexity index is 860. The van der Waals surface area contributed by atoms with Crippen LogP contribution in [0.15, 0.2) is 30.3 Å². The lowest BCUT2D eigenvalue weighted by atomic mass is 9.87. The second kappa shape index (κ2) is 11.3. The van der Waals surface area contributed by atoms with E-state index in [1.807, 2.05) is 0 Å². The zero-order valence-electron chi connectivity index (χ0n) is 21.6. The second-order valence-electron chi connectivity index (χ2n) is 10.8. The number of anilines is 4. The van der Waals surface area contributed by atoms with E-state index in [1.54, 1.807) is 0 Å². The number of benzene rings is 1. The topological polar surface area (TPSA) is 59.6 Å². The molecule has 7 heteroatoms. The summed E-state index contributed by atoms with van der Waals surface area (Å²) in [6.45, 7) is 14.8. The maximum absolute atomic E-state index is 4.91. The normalized spacial score (nSPS) is 16.5. The van der Waals surface area contributed by atoms with Gasteiger partial charge in [0.05, 0.1) is 0 Å². The first-order chi connectivity index (χ1) is 16.4. The molecule has 2 fully saturated rings. The van der Waals surface area contributed by atoms with Gasteiger partial charge in [-0.1, -0.05) is 32.9 Å². The molecule has 0 radical (unpaired) electrons. The van der Waals surface area contributed by atoms with Crippen molar-refractivity contribution in [3.8, 4) is 0 Å². The second-order valence-corrected chi connectivity index (χ2v) is 10.8. The summed E-state index contributed by atoms with van der Waals surface area (Å²) < 4.78 is 0. The fourth-order valence-electron chi connectivity index (χ4n) is 4.65. The number of nitrogens with one attached hydrogen (secondary N) is 2. The van der Waals surface area contributed by atoms with Crippen LogP contribution in [0, 0.1) is 0 Å². The minimum Gasteiger partial charge on any atom is -0.384 e. The Kier molecular flexibility index (Phi) is 8.14. The highest BCUT2D eigenvalue weighted by atomic mass is 15.3. The van der Waals surface area contributed by atoms with Crippen LogP contribution in [0.1, 0.15) is 52.0 Å². The summed E-state index contributed by atoms with van der Waals surface area (Å²) in [6, 6.07) is 11.0. The average Bonchev–Trinajstić information content (AvgIpc) is 3.53. The molecule has 186 valence electrons. The number of hydrogen-bond acceptors (Lipinski definition) is 7. The molecule has 2 aromatic rings. The SMILES string of the molecule is CN(CCNc1ccc(C(C)(C)C)cc1)CCNc1cc(N2CCCC2)nc(N2CCCC2)n1. The van der Waals surface area contributed by atoms with Crippen molar-refractivity contribution < 1.29 is 0 Å². The summed E-state index contributed by atoms with van der Waals surface area (Å²) >= 11 is 0. The zero-order chi connectivity index (χ0) is 24.0. The van der Waals surface area contributed by atoms with Gasteiger partial charge in [0.2, 0.25) is 5.95 Å². The van der Waals surface area contributed by atoms with Crippen LogP contribution in [-0.4, -0.2) is 74.3 Å². The summed E-state index contributed by atoms with van der Waals surface area (Å²) in [6.07, 6.45) is 4.98. The highest BCUT2D eigenvalue weighted by molar-refractivity contribution is 5.55. The Balaban J connectivity index is 1.24. The van der Waals surface area contributed by atoms with Crippen molar-refractivity contribution in [3.05, 3.63) is 35.9 Å². The van der Waals surface area contributed by atoms with Crippen LogP contribution in [0.5, 0.6) is 0 Å². The van der Waals surface area contributed by atoms with Gasteiger partial charge in [0.1, 0.15) is 11.6 Å². The standard InChI is InChI=1S/C27H43N7/c1-27(2,3)22-9-11-23(12-10-22)28-13-19-32(4)20-14-29-24-21-25(33-15-5-6-16-33)31-26(30-24)34-17-7-8-18-34/h9-12,21,28H,5-8,13-20H2,1-4H3,(H,29,30,31). The molecule has 4 rings (SSSR count). The Morgan fingerprint density at radius 1 is 0.824 bits per heavy atom. The quantitative estimate of drug-likeness (QED) is 0.538. The van der Waals surface area contributed by atoms with Gasteiger partial charge in [-0.15, -0.1) is 0 Å². The van der Waals surface area contributed by atoms with Crippen molar-refractivity contribution in [1.29, 1.82) is 0 Å². The molecule has 1 aromatic heterocycles. The Hall–Kier alpha value is -2.54. The molecule has 2 aliphatic heterocycles. The first kappa shape index (κ1) is 24.6. The lowest BCUT2D eigenvalue weighted by Crippen LogP contribution is -2.30. The fourth-order valence-corrected chi connectivity index (χ4v) is 4.65. The molecule has 0 aliphatic carbocycles. The van der Waals surface area contributed by atoms with Gasteiger partial charge in [0, 0.05) is 64.1 Å². The van der Waals surface area contributed by atoms with Crippen molar-refractivity contribution in [2.45, 2.75) is 51.9 Å². The molecule has 1 aromatic carbocycles. The molecule has 2 aliphatic rings. The third-order valence-corrected chi connectivity index (χ3v) is 6.89. The van der Waals surface area contributed by atoms with E-state index in [0.717, 1.165) is 69.9 Å². The fraction of sp³-hybridized carbons (Fsp3) is 0.630. The smallest absolute Gasteiger partial charge is 0.229 e. The summed E-state index contributed by atoms with van der Waals surface area (Å²) in [7, 11) is 2.18. The number of aromatic nitrogens is 2. The molecular weight excluding hydrogens is 422 g/mol. The minimum absolute atomic E-state index is 0.194. The third kappa shape index (κ3) is 6.75. The zero-order valence-corrected chi connectivity index (χ0v) is 21.6. The largest absolute Gasteiger partial charge is 0.384 e. The van der Waals surface area contributed by atoms with Crippen LogP contribution in [0.4, 0.5) is 23.3 Å². The van der Waals surface area contributed by atoms with E-state index in [1.165, 1.54) is 36.9 Å². The molecule has 0 atom stereocenters. The molecule has 0 unspecified atom stereocenters. The van der Waals surface area contributed by atoms with E-state index >= 15 is 0 Å². The summed E-state index contributed by atoms with van der Waals surface area (Å²) in [5.41, 5.74) is 2.75. The van der Waals surface area contributed by atoms with Gasteiger partial charge in [-0.25, -0.2) is 0 Å². The van der Waals surface area contributed by atoms with Gasteiger partial charge in [0.15, 0.2) is 0 Å². The van der Waals surface area contributed by atoms with Gasteiger partial charge in [0.25, 0.3) is 0 Å². The first-order valence-electron chi connectivity index (χ1n) is 13.0. The third-order valence-electron chi connectivity index (χ3n) is 6.89. The number of likely N-dealkylation sites (N-methyl/N-ethyl adjacent to an activating group) is 1. The highest BCUT2D eigenvalue weighted by Crippen LogP contribution is 2.26. The minimum atomic E-state index is 0.194. The Morgan fingerprint density at radius 3 is 2.03 bits per heavy atom. The van der Waals surface area contributed by atoms with E-state index in [4.69, 9.17) is 9.97 Å². The molecule has 0 bridgehead atoms. The molecule has 0 amide bonds. The van der Waals surface area contributed by atoms with Crippen LogP contribution in [-0.2, 0) is 5.41 Å². The maximum atomic E-state index is 4.91. The molecule has 0 spiro atoms. The first-order valence-corrected chi connectivity index (χ1v) is 13.0. The molecule has 0 saturated carbocycles. The van der Waals surface area contributed by atoms with Crippen LogP contribution in [0.25, 0.3) is 0 Å². The van der Waals surface area contributed by atoms with Gasteiger partial charge < -0.3 is 25.3 Å². The molecule has 2 N–H and O–H groups in total. The van der Waals surface area contributed by atoms with Crippen molar-refractivity contribution in [2.24, 2.45) is 0 Å². The van der Waals surface area contributed by atoms with E-state index in [0.29, 0.717) is 0 Å². The van der Waals surface area contributed by atoms with E-state index < -0.39 is 0 Å². The predicted octanol–water partition coefficient (Wildman–Crippen LogP) is 4.43. The lowest BCUT2D eigenvalue weighted by molar-refractivity contribution is 0.360. The van der Waals surface area contributed by atoms with Crippen LogP contribution < -0.4 is 20.4 Å². The van der Waals surface area contributed by atoms with Gasteiger partial charge in [-0.3, -0.25) is 0 Å². The summed E-state index contributed by atoms with van der Waals surface area (Å²) in [5, 5.41) is 7.11. The van der Waals surface area contributed by atoms with Crippen LogP contribution in [0.3, 0.4) is 0 Å². The van der Waals surface area contributed by atoms with E-state index in [9.17, 15) is 0 Å². The van der Waals surface area contributed by atoms with Gasteiger partial charge >= 0.3 is 0 Å². The number of rotatable bonds is 10. The van der Waals surface area contributed by atoms with Gasteiger partial charge in [-0.2, -0.15) is 9.97 Å². The van der Waals surface area contributed by atoms with Crippen molar-refractivity contribution >= 4 is 23.3 Å². The maximum Gasteiger partial charge on any atom is 0.229 e. The van der Waals surface area contributed by atoms with Crippen LogP contribution >= 0.6 is 0 Å². The predicted molar refractivity (Wildman–Crippen MR) is 145 cm³/mol. The summed E-state index contributed by atoms with van der Waals surface area (Å²) in [5.74, 6) is 2.91. The van der Waals surface area contributed by atoms with Crippen molar-refractivity contribution in [1.82, 2.24) is 14.9 Å². The molecule has 3 heterocycles. The summed E-state index contributed by atoms with van der Waals surface area (Å²) in [4.78, 5) is 16.9. The molecule has 2 saturated heterocycles. The van der Waals surface area contributed by atoms with Crippen molar-refractivity contribution in [2.75, 3.05) is 79.8 Å². The number of nitrogens with zero attached hydrogens (tertiary/aromatic N) is 5. The van der Waals surface area contributed by atoms with Crippen LogP contribution in [0.2, 0.25) is 0 Å². The van der Waals surface area contributed by atoms with Gasteiger partial charge in [-0.05, 0) is 55.8 Å². The Morgan fingerprint density at radius 2 is 1.41 bits per heavy atom. The van der Waals surface area contributed by atoms with Crippen molar-refractivity contribution in [3.63, 3.8) is 0 Å².